The van der Waals surface area contributed by atoms with Gasteiger partial charge in [0, 0.05) is 40.1 Å². The summed E-state index contributed by atoms with van der Waals surface area (Å²) in [7, 11) is 0. The molecule has 0 aliphatic carbocycles. The number of hydrogen-bond donors (Lipinski definition) is 7. The van der Waals surface area contributed by atoms with Crippen molar-refractivity contribution in [2.24, 2.45) is 5.73 Å². The van der Waals surface area contributed by atoms with Gasteiger partial charge in [0.2, 0.25) is 0 Å². The normalized spacial score (nSPS) is 13.1. The average Bonchev–Trinajstić information content (AvgIpc) is 3.97. The van der Waals surface area contributed by atoms with Gasteiger partial charge in [-0.2, -0.15) is 10.2 Å². The number of aromatic carboxylic acids is 1. The number of aromatic amines is 2. The number of carboxylic acids is 1. The summed E-state index contributed by atoms with van der Waals surface area (Å²) >= 11 is 11.9. The topological polar surface area (TPSA) is 190 Å². The van der Waals surface area contributed by atoms with E-state index in [1.54, 1.807) is 91.4 Å². The summed E-state index contributed by atoms with van der Waals surface area (Å²) in [5.74, 6) is -1.81. The second-order valence-corrected chi connectivity index (χ2v) is 13.5. The van der Waals surface area contributed by atoms with Gasteiger partial charge in [0.05, 0.1) is 30.1 Å². The van der Waals surface area contributed by atoms with E-state index in [0.29, 0.717) is 21.2 Å². The van der Waals surface area contributed by atoms with Crippen molar-refractivity contribution < 1.29 is 24.9 Å². The second kappa shape index (κ2) is 16.9. The summed E-state index contributed by atoms with van der Waals surface area (Å²) in [4.78, 5) is 24.3. The Morgan fingerprint density at radius 2 is 1.00 bits per heavy atom. The molecular weight excluding hydrogens is 739 g/mol. The summed E-state index contributed by atoms with van der Waals surface area (Å²) < 4.78 is 0. The van der Waals surface area contributed by atoms with E-state index < -0.39 is 23.1 Å². The van der Waals surface area contributed by atoms with Gasteiger partial charge in [-0.05, 0) is 69.8 Å². The fraction of sp³-hybridized carbons (Fsp3) is 0.0952. The minimum Gasteiger partial charge on any atom is -0.478 e. The Morgan fingerprint density at radius 3 is 1.38 bits per heavy atom. The molecule has 0 bridgehead atoms. The summed E-state index contributed by atoms with van der Waals surface area (Å²) in [5.41, 5.74) is 9.26. The molecule has 278 valence electrons. The van der Waals surface area contributed by atoms with Gasteiger partial charge in [0.1, 0.15) is 11.2 Å². The van der Waals surface area contributed by atoms with E-state index in [-0.39, 0.29) is 24.2 Å². The first-order valence-electron chi connectivity index (χ1n) is 17.0. The van der Waals surface area contributed by atoms with Gasteiger partial charge < -0.3 is 26.4 Å². The molecule has 0 aliphatic rings. The maximum absolute atomic E-state index is 12.8. The molecule has 2 atom stereocenters. The Kier molecular flexibility index (Phi) is 11.9. The molecule has 55 heavy (non-hydrogen) atoms. The van der Waals surface area contributed by atoms with Crippen LogP contribution >= 0.6 is 23.2 Å². The number of nitrogens with two attached hydrogens (primary N) is 1. The number of rotatable bonds is 11. The van der Waals surface area contributed by atoms with Crippen molar-refractivity contribution in [2.75, 3.05) is 13.1 Å². The number of hydrogen-bond acceptors (Lipinski definition) is 7. The molecule has 0 aliphatic heterocycles. The predicted octanol–water partition coefficient (Wildman–Crippen LogP) is 7.02. The highest BCUT2D eigenvalue weighted by atomic mass is 35.5. The zero-order chi connectivity index (χ0) is 39.0. The van der Waals surface area contributed by atoms with Crippen LogP contribution in [0, 0.1) is 0 Å². The lowest BCUT2D eigenvalue weighted by molar-refractivity contribution is 0.0672. The van der Waals surface area contributed by atoms with Gasteiger partial charge in [0.15, 0.2) is 0 Å². The third-order valence-electron chi connectivity index (χ3n) is 9.23. The SMILES string of the molecule is NCC(O)(c1ccc(Cl)cc1)c1ccc(-c2cn[nH]c2)cc1.O=C(O)c1ccccc1C(=O)NCC(O)(c1ccc(Cl)cc1)c1ccc(-c2cn[nH]c2)cc1. The third kappa shape index (κ3) is 8.68. The number of nitrogens with zero attached hydrogens (tertiary/aromatic N) is 2. The van der Waals surface area contributed by atoms with Crippen LogP contribution in [0.4, 0.5) is 0 Å². The smallest absolute Gasteiger partial charge is 0.336 e. The predicted molar refractivity (Wildman–Crippen MR) is 212 cm³/mol. The third-order valence-corrected chi connectivity index (χ3v) is 9.74. The number of carbonyl (C=O) groups is 2. The molecular formula is C42H36Cl2N6O5. The molecule has 5 aromatic carbocycles. The lowest BCUT2D eigenvalue weighted by atomic mass is 9.85. The molecule has 0 saturated heterocycles. The molecule has 11 nitrogen and oxygen atoms in total. The van der Waals surface area contributed by atoms with Crippen LogP contribution in [0.5, 0.6) is 0 Å². The molecule has 7 rings (SSSR count). The van der Waals surface area contributed by atoms with Gasteiger partial charge in [-0.3, -0.25) is 15.0 Å². The monoisotopic (exact) mass is 774 g/mol. The van der Waals surface area contributed by atoms with Crippen molar-refractivity contribution >= 4 is 35.1 Å². The van der Waals surface area contributed by atoms with E-state index in [9.17, 15) is 24.9 Å². The molecule has 7 aromatic rings. The van der Waals surface area contributed by atoms with Crippen LogP contribution in [0.2, 0.25) is 10.0 Å². The quantitative estimate of drug-likeness (QED) is 0.0730. The van der Waals surface area contributed by atoms with Gasteiger partial charge in [-0.15, -0.1) is 0 Å². The first-order chi connectivity index (χ1) is 26.5. The Labute approximate surface area is 326 Å². The first kappa shape index (κ1) is 38.6. The molecule has 2 aromatic heterocycles. The van der Waals surface area contributed by atoms with Crippen molar-refractivity contribution in [2.45, 2.75) is 11.2 Å². The number of aromatic nitrogens is 4. The molecule has 2 heterocycles. The zero-order valence-corrected chi connectivity index (χ0v) is 30.7. The van der Waals surface area contributed by atoms with Gasteiger partial charge in [0.25, 0.3) is 5.91 Å². The van der Waals surface area contributed by atoms with Crippen LogP contribution in [0.1, 0.15) is 43.0 Å². The van der Waals surface area contributed by atoms with E-state index in [1.165, 1.54) is 12.1 Å². The van der Waals surface area contributed by atoms with Gasteiger partial charge >= 0.3 is 5.97 Å². The largest absolute Gasteiger partial charge is 0.478 e. The van der Waals surface area contributed by atoms with Crippen LogP contribution in [0.15, 0.2) is 146 Å². The number of benzene rings is 5. The summed E-state index contributed by atoms with van der Waals surface area (Å²) in [6, 6.07) is 34.6. The van der Waals surface area contributed by atoms with E-state index in [2.05, 4.69) is 25.7 Å². The van der Waals surface area contributed by atoms with E-state index in [1.807, 2.05) is 42.6 Å². The maximum Gasteiger partial charge on any atom is 0.336 e. The molecule has 8 N–H and O–H groups in total. The van der Waals surface area contributed by atoms with E-state index >= 15 is 0 Å². The number of H-pyrrole nitrogens is 2. The van der Waals surface area contributed by atoms with Crippen molar-refractivity contribution in [1.82, 2.24) is 25.7 Å². The minimum atomic E-state index is -1.59. The summed E-state index contributed by atoms with van der Waals surface area (Å²) in [6.45, 7) is -0.105. The number of carboxylic acid groups (broad SMARTS) is 1. The van der Waals surface area contributed by atoms with Crippen molar-refractivity contribution in [3.05, 3.63) is 190 Å². The number of aliphatic hydroxyl groups is 2. The number of nitrogens with one attached hydrogen (secondary N) is 3. The molecule has 0 fully saturated rings. The van der Waals surface area contributed by atoms with Crippen molar-refractivity contribution in [3.63, 3.8) is 0 Å². The Morgan fingerprint density at radius 1 is 0.600 bits per heavy atom. The van der Waals surface area contributed by atoms with E-state index in [4.69, 9.17) is 28.9 Å². The Bertz CT molecular complexity index is 2340. The summed E-state index contributed by atoms with van der Waals surface area (Å²) in [6.07, 6.45) is 7.04. The number of halogens is 2. The molecule has 0 spiro atoms. The van der Waals surface area contributed by atoms with Crippen LogP contribution < -0.4 is 11.1 Å². The Hall–Kier alpha value is -6.08. The van der Waals surface area contributed by atoms with E-state index in [0.717, 1.165) is 33.4 Å². The highest BCUT2D eigenvalue weighted by Gasteiger charge is 2.33. The number of amides is 1. The molecule has 13 heteroatoms. The second-order valence-electron chi connectivity index (χ2n) is 12.6. The van der Waals surface area contributed by atoms with Crippen LogP contribution in [-0.2, 0) is 11.2 Å². The van der Waals surface area contributed by atoms with Crippen LogP contribution in [0.25, 0.3) is 22.3 Å². The lowest BCUT2D eigenvalue weighted by Gasteiger charge is -2.30. The summed E-state index contributed by atoms with van der Waals surface area (Å²) in [5, 5.41) is 49.4. The fourth-order valence-corrected chi connectivity index (χ4v) is 6.34. The Balaban J connectivity index is 0.000000203. The minimum absolute atomic E-state index is 0.0127. The lowest BCUT2D eigenvalue weighted by Crippen LogP contribution is -2.42. The molecule has 2 unspecified atom stereocenters. The molecule has 1 amide bonds. The fourth-order valence-electron chi connectivity index (χ4n) is 6.09. The highest BCUT2D eigenvalue weighted by molar-refractivity contribution is 6.30. The van der Waals surface area contributed by atoms with Crippen molar-refractivity contribution in [3.8, 4) is 22.3 Å². The highest BCUT2D eigenvalue weighted by Crippen LogP contribution is 2.33. The zero-order valence-electron chi connectivity index (χ0n) is 29.2. The van der Waals surface area contributed by atoms with Crippen LogP contribution in [0.3, 0.4) is 0 Å². The first-order valence-corrected chi connectivity index (χ1v) is 17.7. The van der Waals surface area contributed by atoms with Gasteiger partial charge in [-0.1, -0.05) is 108 Å². The maximum atomic E-state index is 12.8. The van der Waals surface area contributed by atoms with Crippen LogP contribution in [-0.4, -0.2) is 60.7 Å². The standard InChI is InChI=1S/C25H20ClN3O4.C17H16ClN3O/c26-20-11-9-19(10-12-20)25(33,18-7-5-16(6-8-18)17-13-28-29-14-17)15-27-23(30)21-3-1-2-4-22(21)24(31)32;18-16-7-5-15(6-8-16)17(22,11-19)14-3-1-12(2-4-14)13-9-20-21-10-13/h1-14,33H,15H2,(H,27,30)(H,28,29)(H,31,32);1-10,22H,11,19H2,(H,20,21). The average molecular weight is 776 g/mol. The molecule has 0 radical (unpaired) electrons. The van der Waals surface area contributed by atoms with Crippen molar-refractivity contribution in [1.29, 1.82) is 0 Å². The molecule has 0 saturated carbocycles. The number of carbonyl (C=O) groups excluding carboxylic acids is 1. The van der Waals surface area contributed by atoms with Gasteiger partial charge in [-0.25, -0.2) is 4.79 Å².